The van der Waals surface area contributed by atoms with E-state index in [1.54, 1.807) is 6.20 Å². The zero-order valence-corrected chi connectivity index (χ0v) is 21.6. The van der Waals surface area contributed by atoms with Gasteiger partial charge in [-0.3, -0.25) is 14.7 Å². The van der Waals surface area contributed by atoms with E-state index < -0.39 is 17.7 Å². The zero-order chi connectivity index (χ0) is 27.4. The van der Waals surface area contributed by atoms with E-state index in [9.17, 15) is 18.4 Å². The molecule has 0 spiro atoms. The molecule has 0 saturated heterocycles. The summed E-state index contributed by atoms with van der Waals surface area (Å²) in [6.07, 6.45) is 7.16. The summed E-state index contributed by atoms with van der Waals surface area (Å²) in [6.45, 7) is 0. The lowest BCUT2D eigenvalue weighted by Crippen LogP contribution is -2.42. The van der Waals surface area contributed by atoms with Crippen LogP contribution in [-0.4, -0.2) is 32.9 Å². The average Bonchev–Trinajstić information content (AvgIpc) is 3.35. The van der Waals surface area contributed by atoms with Crippen LogP contribution in [0.3, 0.4) is 0 Å². The molecule has 202 valence electrons. The van der Waals surface area contributed by atoms with Crippen LogP contribution >= 0.6 is 0 Å². The monoisotopic (exact) mass is 531 g/mol. The third kappa shape index (κ3) is 6.30. The van der Waals surface area contributed by atoms with Crippen molar-refractivity contribution < 1.29 is 18.4 Å². The van der Waals surface area contributed by atoms with Crippen LogP contribution in [0.5, 0.6) is 0 Å². The summed E-state index contributed by atoms with van der Waals surface area (Å²) in [6, 6.07) is 10.3. The minimum Gasteiger partial charge on any atom is -0.383 e. The number of aromatic nitrogens is 3. The number of hydrogen-bond donors (Lipinski definition) is 3. The predicted octanol–water partition coefficient (Wildman–Crippen LogP) is 4.56. The Bertz CT molecular complexity index is 1520. The first-order chi connectivity index (χ1) is 18.9. The van der Waals surface area contributed by atoms with Crippen LogP contribution in [0.4, 0.5) is 14.6 Å². The largest absolute Gasteiger partial charge is 0.383 e. The van der Waals surface area contributed by atoms with E-state index in [2.05, 4.69) is 20.5 Å². The molecule has 9 heteroatoms. The fourth-order valence-electron chi connectivity index (χ4n) is 5.25. The van der Waals surface area contributed by atoms with Gasteiger partial charge in [0.2, 0.25) is 5.91 Å². The summed E-state index contributed by atoms with van der Waals surface area (Å²) in [4.78, 5) is 30.3. The summed E-state index contributed by atoms with van der Waals surface area (Å²) < 4.78 is 27.3. The molecule has 0 radical (unpaired) electrons. The van der Waals surface area contributed by atoms with Crippen molar-refractivity contribution in [2.75, 3.05) is 5.73 Å². The molecule has 0 fully saturated rings. The first kappa shape index (κ1) is 26.5. The van der Waals surface area contributed by atoms with Crippen molar-refractivity contribution in [2.45, 2.75) is 63.8 Å². The first-order valence-corrected chi connectivity index (χ1v) is 13.3. The Kier molecular flexibility index (Phi) is 7.95. The maximum absolute atomic E-state index is 13.9. The molecule has 4 aromatic rings. The third-order valence-electron chi connectivity index (χ3n) is 7.40. The number of nitrogen functional groups attached to an aromatic ring is 1. The second-order valence-corrected chi connectivity index (χ2v) is 10.1. The summed E-state index contributed by atoms with van der Waals surface area (Å²) >= 11 is 0. The number of nitrogens with zero attached hydrogens (tertiary/aromatic N) is 2. The van der Waals surface area contributed by atoms with E-state index >= 15 is 0 Å². The number of H-pyrrole nitrogens is 1. The molecule has 1 aliphatic rings. The van der Waals surface area contributed by atoms with Gasteiger partial charge < -0.3 is 11.1 Å². The number of aromatic amines is 1. The maximum Gasteiger partial charge on any atom is 0.220 e. The Balaban J connectivity index is 1.26. The highest BCUT2D eigenvalue weighted by Crippen LogP contribution is 2.23. The van der Waals surface area contributed by atoms with Crippen molar-refractivity contribution in [3.8, 4) is 0 Å². The Morgan fingerprint density at radius 1 is 0.974 bits per heavy atom. The minimum atomic E-state index is -0.988. The van der Waals surface area contributed by atoms with Crippen molar-refractivity contribution in [1.82, 2.24) is 20.5 Å². The fourth-order valence-corrected chi connectivity index (χ4v) is 5.25. The number of halogens is 2. The number of aryl methyl sites for hydroxylation is 3. The van der Waals surface area contributed by atoms with E-state index in [1.807, 2.05) is 24.3 Å². The van der Waals surface area contributed by atoms with Gasteiger partial charge in [0.05, 0.1) is 11.7 Å². The van der Waals surface area contributed by atoms with Gasteiger partial charge in [-0.25, -0.2) is 13.8 Å². The number of Topliss-reactive ketones (excluding diaryl/α,β-unsaturated/α-hetero) is 1. The summed E-state index contributed by atoms with van der Waals surface area (Å²) in [5, 5.41) is 12.1. The molecule has 5 rings (SSSR count). The van der Waals surface area contributed by atoms with Gasteiger partial charge in [-0.15, -0.1) is 0 Å². The number of nitrogens with two attached hydrogens (primary N) is 1. The normalized spacial score (nSPS) is 13.7. The van der Waals surface area contributed by atoms with Crippen molar-refractivity contribution >= 4 is 28.3 Å². The maximum atomic E-state index is 13.9. The van der Waals surface area contributed by atoms with Crippen LogP contribution in [0, 0.1) is 11.6 Å². The van der Waals surface area contributed by atoms with Gasteiger partial charge in [0.1, 0.15) is 5.82 Å². The number of carbonyl (C=O) groups excluding carboxylic acids is 2. The van der Waals surface area contributed by atoms with Crippen LogP contribution in [0.1, 0.15) is 53.8 Å². The van der Waals surface area contributed by atoms with Gasteiger partial charge in [0.25, 0.3) is 0 Å². The second-order valence-electron chi connectivity index (χ2n) is 10.1. The number of amides is 1. The quantitative estimate of drug-likeness (QED) is 0.278. The molecule has 0 unspecified atom stereocenters. The highest BCUT2D eigenvalue weighted by atomic mass is 19.2. The van der Waals surface area contributed by atoms with Crippen LogP contribution in [0.25, 0.3) is 10.8 Å². The van der Waals surface area contributed by atoms with Gasteiger partial charge in [-0.05, 0) is 78.8 Å². The van der Waals surface area contributed by atoms with Gasteiger partial charge in [-0.1, -0.05) is 24.3 Å². The zero-order valence-electron chi connectivity index (χ0n) is 21.6. The van der Waals surface area contributed by atoms with Crippen molar-refractivity contribution in [1.29, 1.82) is 0 Å². The lowest BCUT2D eigenvalue weighted by Gasteiger charge is -2.18. The SMILES string of the molecule is Nc1nccc2cc(CCC(=O)[C@H](Cc3ccc(F)c(F)c3)NC(=O)CCc3n[nH]c4c3CCCC4)ccc12. The molecule has 1 amide bonds. The molecule has 1 aliphatic carbocycles. The predicted molar refractivity (Wildman–Crippen MR) is 145 cm³/mol. The number of carbonyl (C=O) groups is 2. The van der Waals surface area contributed by atoms with Gasteiger partial charge in [-0.2, -0.15) is 5.10 Å². The van der Waals surface area contributed by atoms with Crippen molar-refractivity contribution in [3.63, 3.8) is 0 Å². The average molecular weight is 532 g/mol. The topological polar surface area (TPSA) is 114 Å². The van der Waals surface area contributed by atoms with E-state index in [0.29, 0.717) is 24.2 Å². The molecule has 39 heavy (non-hydrogen) atoms. The molecule has 2 aromatic carbocycles. The molecule has 4 N–H and O–H groups in total. The Hall–Kier alpha value is -4.14. The molecular weight excluding hydrogens is 500 g/mol. The van der Waals surface area contributed by atoms with Gasteiger partial charge in [0.15, 0.2) is 17.4 Å². The van der Waals surface area contributed by atoms with Gasteiger partial charge in [0, 0.05) is 36.5 Å². The molecule has 0 aliphatic heterocycles. The smallest absolute Gasteiger partial charge is 0.220 e. The van der Waals surface area contributed by atoms with E-state index in [1.165, 1.54) is 11.6 Å². The van der Waals surface area contributed by atoms with Crippen LogP contribution < -0.4 is 11.1 Å². The Labute approximate surface area is 225 Å². The second kappa shape index (κ2) is 11.7. The van der Waals surface area contributed by atoms with E-state index in [0.717, 1.165) is 65.5 Å². The lowest BCUT2D eigenvalue weighted by atomic mass is 9.94. The minimum absolute atomic E-state index is 0.0689. The number of nitrogens with one attached hydrogen (secondary N) is 2. The highest BCUT2D eigenvalue weighted by molar-refractivity contribution is 5.92. The molecule has 0 saturated carbocycles. The highest BCUT2D eigenvalue weighted by Gasteiger charge is 2.23. The molecule has 0 bridgehead atoms. The number of pyridine rings is 1. The molecular formula is C30H31F2N5O2. The fraction of sp³-hybridized carbons (Fsp3) is 0.333. The van der Waals surface area contributed by atoms with Crippen LogP contribution in [-0.2, 0) is 41.7 Å². The lowest BCUT2D eigenvalue weighted by molar-refractivity contribution is -0.127. The first-order valence-electron chi connectivity index (χ1n) is 13.3. The molecule has 2 aromatic heterocycles. The summed E-state index contributed by atoms with van der Waals surface area (Å²) in [7, 11) is 0. The van der Waals surface area contributed by atoms with E-state index in [-0.39, 0.29) is 31.0 Å². The van der Waals surface area contributed by atoms with Crippen LogP contribution in [0.2, 0.25) is 0 Å². The number of hydrogen-bond acceptors (Lipinski definition) is 5. The number of rotatable bonds is 10. The van der Waals surface area contributed by atoms with E-state index in [4.69, 9.17) is 5.73 Å². The third-order valence-corrected chi connectivity index (χ3v) is 7.40. The van der Waals surface area contributed by atoms with Crippen LogP contribution in [0.15, 0.2) is 48.7 Å². The number of fused-ring (bicyclic) bond motifs is 2. The standard InChI is InChI=1S/C30H31F2N5O2/c31-23-9-6-19(16-24(23)32)17-27(35-29(39)12-10-26-22-3-1-2-4-25(22)36-37-26)28(38)11-7-18-5-8-21-20(15-18)13-14-34-30(21)33/h5-6,8-9,13-16,27H,1-4,7,10-12,17H2,(H2,33,34)(H,35,39)(H,36,37)/t27-/m0/s1. The Morgan fingerprint density at radius 3 is 2.64 bits per heavy atom. The number of benzene rings is 2. The molecule has 7 nitrogen and oxygen atoms in total. The number of ketones is 1. The molecule has 2 heterocycles. The summed E-state index contributed by atoms with van der Waals surface area (Å²) in [5.74, 6) is -1.96. The Morgan fingerprint density at radius 2 is 1.79 bits per heavy atom. The number of anilines is 1. The summed E-state index contributed by atoms with van der Waals surface area (Å²) in [5.41, 5.74) is 10.6. The van der Waals surface area contributed by atoms with Gasteiger partial charge >= 0.3 is 0 Å². The van der Waals surface area contributed by atoms with Crippen molar-refractivity contribution in [3.05, 3.63) is 88.4 Å². The van der Waals surface area contributed by atoms with Crippen molar-refractivity contribution in [2.24, 2.45) is 0 Å². The molecule has 1 atom stereocenters.